The number of carbonyl (C=O) groups excluding carboxylic acids is 1. The van der Waals surface area contributed by atoms with Crippen LogP contribution in [0, 0.1) is 0 Å². The summed E-state index contributed by atoms with van der Waals surface area (Å²) in [6.45, 7) is 4.12. The van der Waals surface area contributed by atoms with Gasteiger partial charge in [0.05, 0.1) is 0 Å². The largest absolute Gasteiger partial charge is 0.486 e. The lowest BCUT2D eigenvalue weighted by molar-refractivity contribution is 0.0809. The molecule has 114 valence electrons. The zero-order chi connectivity index (χ0) is 14.8. The lowest BCUT2D eigenvalue weighted by Crippen LogP contribution is -2.50. The molecule has 0 spiro atoms. The number of rotatable bonds is 3. The Morgan fingerprint density at radius 1 is 1.19 bits per heavy atom. The molecule has 2 aliphatic rings. The smallest absolute Gasteiger partial charge is 0.164 e. The van der Waals surface area contributed by atoms with Gasteiger partial charge in [0, 0.05) is 37.7 Å². The van der Waals surface area contributed by atoms with Crippen molar-refractivity contribution in [1.82, 2.24) is 9.80 Å². The van der Waals surface area contributed by atoms with Gasteiger partial charge in [-0.05, 0) is 32.3 Å². The first-order valence-corrected chi connectivity index (χ1v) is 7.45. The van der Waals surface area contributed by atoms with Crippen molar-refractivity contribution in [2.45, 2.75) is 12.5 Å². The highest BCUT2D eigenvalue weighted by atomic mass is 16.6. The second-order valence-electron chi connectivity index (χ2n) is 5.88. The van der Waals surface area contributed by atoms with E-state index >= 15 is 0 Å². The van der Waals surface area contributed by atoms with Gasteiger partial charge < -0.3 is 19.3 Å². The lowest BCUT2D eigenvalue weighted by Gasteiger charge is -2.37. The van der Waals surface area contributed by atoms with E-state index in [0.717, 1.165) is 25.4 Å². The lowest BCUT2D eigenvalue weighted by atomic mass is 10.0. The zero-order valence-electron chi connectivity index (χ0n) is 12.7. The third kappa shape index (κ3) is 3.19. The van der Waals surface area contributed by atoms with E-state index in [0.29, 0.717) is 30.9 Å². The molecule has 1 atom stereocenters. The van der Waals surface area contributed by atoms with E-state index in [1.165, 1.54) is 0 Å². The molecule has 0 aliphatic carbocycles. The maximum Gasteiger partial charge on any atom is 0.164 e. The molecule has 0 N–H and O–H groups in total. The van der Waals surface area contributed by atoms with Gasteiger partial charge in [0.1, 0.15) is 13.2 Å². The van der Waals surface area contributed by atoms with Gasteiger partial charge in [-0.15, -0.1) is 0 Å². The van der Waals surface area contributed by atoms with Gasteiger partial charge in [-0.2, -0.15) is 0 Å². The second kappa shape index (κ2) is 6.03. The number of fused-ring (bicyclic) bond motifs is 1. The number of hydrogen-bond acceptors (Lipinski definition) is 5. The van der Waals surface area contributed by atoms with Crippen molar-refractivity contribution in [3.05, 3.63) is 23.8 Å². The molecule has 3 rings (SSSR count). The molecule has 1 saturated heterocycles. The third-order valence-corrected chi connectivity index (χ3v) is 4.27. The fraction of sp³-hybridized carbons (Fsp3) is 0.562. The Hall–Kier alpha value is -1.59. The van der Waals surface area contributed by atoms with E-state index in [-0.39, 0.29) is 11.8 Å². The summed E-state index contributed by atoms with van der Waals surface area (Å²) in [4.78, 5) is 17.1. The fourth-order valence-corrected chi connectivity index (χ4v) is 2.87. The van der Waals surface area contributed by atoms with Crippen molar-refractivity contribution < 1.29 is 14.3 Å². The minimum atomic E-state index is 0.166. The molecule has 1 unspecified atom stereocenters. The molecule has 0 bridgehead atoms. The number of ketones is 1. The van der Waals surface area contributed by atoms with E-state index in [1.54, 1.807) is 0 Å². The number of Topliss-reactive ketones (excluding diaryl/α,β-unsaturated/α-hetero) is 1. The van der Waals surface area contributed by atoms with Crippen LogP contribution >= 0.6 is 0 Å². The Labute approximate surface area is 125 Å². The summed E-state index contributed by atoms with van der Waals surface area (Å²) in [5.74, 6) is 1.58. The Morgan fingerprint density at radius 3 is 2.76 bits per heavy atom. The van der Waals surface area contributed by atoms with E-state index < -0.39 is 0 Å². The number of benzene rings is 1. The van der Waals surface area contributed by atoms with Gasteiger partial charge in [-0.1, -0.05) is 0 Å². The van der Waals surface area contributed by atoms with Crippen LogP contribution in [0.3, 0.4) is 0 Å². The molecular formula is C16H22N2O3. The maximum atomic E-state index is 12.5. The summed E-state index contributed by atoms with van der Waals surface area (Å²) < 4.78 is 11.0. The Balaban J connectivity index is 1.70. The van der Waals surface area contributed by atoms with Gasteiger partial charge >= 0.3 is 0 Å². The quantitative estimate of drug-likeness (QED) is 0.784. The van der Waals surface area contributed by atoms with Crippen LogP contribution in [0.1, 0.15) is 16.8 Å². The summed E-state index contributed by atoms with van der Waals surface area (Å²) in [7, 11) is 4.20. The highest BCUT2D eigenvalue weighted by Crippen LogP contribution is 2.31. The number of likely N-dealkylation sites (N-methyl/N-ethyl adjacent to an activating group) is 2. The Bertz CT molecular complexity index is 532. The first kappa shape index (κ1) is 14.4. The van der Waals surface area contributed by atoms with Gasteiger partial charge in [-0.3, -0.25) is 4.79 Å². The summed E-state index contributed by atoms with van der Waals surface area (Å²) >= 11 is 0. The van der Waals surface area contributed by atoms with Crippen molar-refractivity contribution in [3.63, 3.8) is 0 Å². The van der Waals surface area contributed by atoms with Gasteiger partial charge in [0.25, 0.3) is 0 Å². The van der Waals surface area contributed by atoms with E-state index in [4.69, 9.17) is 9.47 Å². The second-order valence-corrected chi connectivity index (χ2v) is 5.88. The predicted octanol–water partition coefficient (Wildman–Crippen LogP) is 1.28. The van der Waals surface area contributed by atoms with Crippen LogP contribution in [-0.4, -0.2) is 68.6 Å². The molecule has 1 aromatic carbocycles. The summed E-state index contributed by atoms with van der Waals surface area (Å²) in [5.41, 5.74) is 0.709. The molecule has 0 saturated carbocycles. The average molecular weight is 290 g/mol. The third-order valence-electron chi connectivity index (χ3n) is 4.27. The molecular weight excluding hydrogens is 268 g/mol. The molecule has 5 heteroatoms. The normalized spacial score (nSPS) is 23.0. The van der Waals surface area contributed by atoms with Crippen LogP contribution in [0.25, 0.3) is 0 Å². The van der Waals surface area contributed by atoms with Crippen LogP contribution in [-0.2, 0) is 0 Å². The minimum absolute atomic E-state index is 0.166. The summed E-state index contributed by atoms with van der Waals surface area (Å²) in [6, 6.07) is 5.76. The molecule has 0 radical (unpaired) electrons. The number of carbonyl (C=O) groups is 1. The number of ether oxygens (including phenoxy) is 2. The van der Waals surface area contributed by atoms with Crippen molar-refractivity contribution in [2.75, 3.05) is 46.9 Å². The van der Waals surface area contributed by atoms with E-state index in [9.17, 15) is 4.79 Å². The molecule has 1 aromatic rings. The Kier molecular flexibility index (Phi) is 4.12. The molecule has 5 nitrogen and oxygen atoms in total. The topological polar surface area (TPSA) is 42.0 Å². The van der Waals surface area contributed by atoms with Gasteiger partial charge in [-0.25, -0.2) is 0 Å². The van der Waals surface area contributed by atoms with Crippen molar-refractivity contribution in [2.24, 2.45) is 0 Å². The van der Waals surface area contributed by atoms with Crippen LogP contribution in [0.4, 0.5) is 0 Å². The van der Waals surface area contributed by atoms with Crippen molar-refractivity contribution in [1.29, 1.82) is 0 Å². The standard InChI is InChI=1S/C16H22N2O3/c1-17-5-6-18(2)13(11-17)10-14(19)12-3-4-15-16(9-12)21-8-7-20-15/h3-4,9,13H,5-8,10-11H2,1-2H3. The van der Waals surface area contributed by atoms with Gasteiger partial charge in [0.15, 0.2) is 17.3 Å². The molecule has 1 fully saturated rings. The average Bonchev–Trinajstić information content (AvgIpc) is 2.50. The van der Waals surface area contributed by atoms with Crippen LogP contribution in [0.2, 0.25) is 0 Å². The number of nitrogens with zero attached hydrogens (tertiary/aromatic N) is 2. The highest BCUT2D eigenvalue weighted by molar-refractivity contribution is 5.97. The molecule has 2 aliphatic heterocycles. The van der Waals surface area contributed by atoms with E-state index in [2.05, 4.69) is 23.9 Å². The first-order chi connectivity index (χ1) is 10.1. The minimum Gasteiger partial charge on any atom is -0.486 e. The van der Waals surface area contributed by atoms with E-state index in [1.807, 2.05) is 18.2 Å². The molecule has 2 heterocycles. The summed E-state index contributed by atoms with van der Waals surface area (Å²) in [5, 5.41) is 0. The van der Waals surface area contributed by atoms with Crippen LogP contribution < -0.4 is 9.47 Å². The fourth-order valence-electron chi connectivity index (χ4n) is 2.87. The SMILES string of the molecule is CN1CCN(C)C(CC(=O)c2ccc3c(c2)OCCO3)C1. The summed E-state index contributed by atoms with van der Waals surface area (Å²) in [6.07, 6.45) is 0.542. The van der Waals surface area contributed by atoms with Crippen molar-refractivity contribution >= 4 is 5.78 Å². The Morgan fingerprint density at radius 2 is 1.95 bits per heavy atom. The van der Waals surface area contributed by atoms with Crippen LogP contribution in [0.15, 0.2) is 18.2 Å². The van der Waals surface area contributed by atoms with Gasteiger partial charge in [0.2, 0.25) is 0 Å². The highest BCUT2D eigenvalue weighted by Gasteiger charge is 2.25. The zero-order valence-corrected chi connectivity index (χ0v) is 12.7. The van der Waals surface area contributed by atoms with Crippen molar-refractivity contribution in [3.8, 4) is 11.5 Å². The predicted molar refractivity (Wildman–Crippen MR) is 80.3 cm³/mol. The number of hydrogen-bond donors (Lipinski definition) is 0. The molecule has 0 amide bonds. The van der Waals surface area contributed by atoms with Crippen LogP contribution in [0.5, 0.6) is 11.5 Å². The first-order valence-electron chi connectivity index (χ1n) is 7.45. The number of piperazine rings is 1. The molecule has 21 heavy (non-hydrogen) atoms. The monoisotopic (exact) mass is 290 g/mol. The maximum absolute atomic E-state index is 12.5. The molecule has 0 aromatic heterocycles.